The van der Waals surface area contributed by atoms with Gasteiger partial charge in [-0.1, -0.05) is 0 Å². The molecule has 1 N–H and O–H groups in total. The predicted octanol–water partition coefficient (Wildman–Crippen LogP) is 4.26. The molecule has 0 heterocycles. The van der Waals surface area contributed by atoms with E-state index in [9.17, 15) is 0 Å². The zero-order valence-corrected chi connectivity index (χ0v) is 12.6. The molecule has 5 nitrogen and oxygen atoms in total. The van der Waals surface area contributed by atoms with Gasteiger partial charge in [0.2, 0.25) is 0 Å². The van der Waals surface area contributed by atoms with Gasteiger partial charge in [0.05, 0.1) is 24.6 Å². The van der Waals surface area contributed by atoms with E-state index in [1.54, 1.807) is 0 Å². The predicted molar refractivity (Wildman–Crippen MR) is 85.4 cm³/mol. The van der Waals surface area contributed by atoms with E-state index in [0.717, 1.165) is 22.9 Å². The SMILES string of the molecule is CCOc1ccc(N=Nc2ccc(OCCCO)cc2)cc1. The van der Waals surface area contributed by atoms with Crippen LogP contribution in [-0.2, 0) is 0 Å². The molecule has 0 saturated carbocycles. The number of azo groups is 1. The molecule has 116 valence electrons. The van der Waals surface area contributed by atoms with Crippen LogP contribution in [0.2, 0.25) is 0 Å². The van der Waals surface area contributed by atoms with Crippen molar-refractivity contribution in [3.05, 3.63) is 48.5 Å². The number of hydrogen-bond donors (Lipinski definition) is 1. The number of benzene rings is 2. The van der Waals surface area contributed by atoms with E-state index < -0.39 is 0 Å². The van der Waals surface area contributed by atoms with Crippen LogP contribution in [0.3, 0.4) is 0 Å². The van der Waals surface area contributed by atoms with Gasteiger partial charge in [-0.25, -0.2) is 0 Å². The largest absolute Gasteiger partial charge is 0.494 e. The lowest BCUT2D eigenvalue weighted by Crippen LogP contribution is -1.99. The van der Waals surface area contributed by atoms with Crippen LogP contribution in [0.15, 0.2) is 58.8 Å². The molecule has 2 rings (SSSR count). The summed E-state index contributed by atoms with van der Waals surface area (Å²) in [7, 11) is 0. The zero-order valence-electron chi connectivity index (χ0n) is 12.6. The first-order valence-corrected chi connectivity index (χ1v) is 7.30. The number of ether oxygens (including phenoxy) is 2. The van der Waals surface area contributed by atoms with Gasteiger partial charge in [0.15, 0.2) is 0 Å². The van der Waals surface area contributed by atoms with Gasteiger partial charge in [-0.15, -0.1) is 0 Å². The molecule has 0 radical (unpaired) electrons. The summed E-state index contributed by atoms with van der Waals surface area (Å²) in [6, 6.07) is 14.8. The van der Waals surface area contributed by atoms with Crippen LogP contribution >= 0.6 is 0 Å². The van der Waals surface area contributed by atoms with Crippen molar-refractivity contribution in [3.8, 4) is 11.5 Å². The van der Waals surface area contributed by atoms with E-state index in [0.29, 0.717) is 19.6 Å². The summed E-state index contributed by atoms with van der Waals surface area (Å²) >= 11 is 0. The second kappa shape index (κ2) is 8.79. The molecule has 5 heteroatoms. The molecule has 22 heavy (non-hydrogen) atoms. The Morgan fingerprint density at radius 3 is 1.77 bits per heavy atom. The van der Waals surface area contributed by atoms with E-state index in [4.69, 9.17) is 14.6 Å². The van der Waals surface area contributed by atoms with Crippen molar-refractivity contribution < 1.29 is 14.6 Å². The standard InChI is InChI=1S/C17H20N2O3/c1-2-21-16-8-4-14(5-9-16)18-19-15-6-10-17(11-7-15)22-13-3-12-20/h4-11,20H,2-3,12-13H2,1H3. The van der Waals surface area contributed by atoms with Crippen molar-refractivity contribution in [2.45, 2.75) is 13.3 Å². The first-order valence-electron chi connectivity index (χ1n) is 7.30. The third-order valence-corrected chi connectivity index (χ3v) is 2.84. The van der Waals surface area contributed by atoms with Crippen molar-refractivity contribution in [1.82, 2.24) is 0 Å². The van der Waals surface area contributed by atoms with Crippen LogP contribution in [0.5, 0.6) is 11.5 Å². The van der Waals surface area contributed by atoms with Crippen LogP contribution in [0, 0.1) is 0 Å². The number of rotatable bonds is 8. The topological polar surface area (TPSA) is 63.4 Å². The van der Waals surface area contributed by atoms with Gasteiger partial charge in [0, 0.05) is 13.0 Å². The van der Waals surface area contributed by atoms with E-state index in [2.05, 4.69) is 10.2 Å². The van der Waals surface area contributed by atoms with Gasteiger partial charge in [-0.2, -0.15) is 10.2 Å². The highest BCUT2D eigenvalue weighted by Crippen LogP contribution is 2.23. The molecule has 0 aliphatic carbocycles. The van der Waals surface area contributed by atoms with Crippen LogP contribution in [0.4, 0.5) is 11.4 Å². The van der Waals surface area contributed by atoms with Gasteiger partial charge in [0.1, 0.15) is 11.5 Å². The van der Waals surface area contributed by atoms with Crippen molar-refractivity contribution in [1.29, 1.82) is 0 Å². The molecule has 0 amide bonds. The minimum atomic E-state index is 0.133. The van der Waals surface area contributed by atoms with Crippen molar-refractivity contribution >= 4 is 11.4 Å². The van der Waals surface area contributed by atoms with Crippen LogP contribution in [0.25, 0.3) is 0 Å². The maximum atomic E-state index is 8.70. The number of aliphatic hydroxyl groups is 1. The van der Waals surface area contributed by atoms with Crippen LogP contribution in [-0.4, -0.2) is 24.9 Å². The Morgan fingerprint density at radius 2 is 1.32 bits per heavy atom. The minimum Gasteiger partial charge on any atom is -0.494 e. The Labute approximate surface area is 130 Å². The minimum absolute atomic E-state index is 0.133. The molecule has 0 aromatic heterocycles. The van der Waals surface area contributed by atoms with Gasteiger partial charge < -0.3 is 14.6 Å². The van der Waals surface area contributed by atoms with Crippen molar-refractivity contribution in [2.24, 2.45) is 10.2 Å². The smallest absolute Gasteiger partial charge is 0.119 e. The quantitative estimate of drug-likeness (QED) is 0.585. The fourth-order valence-corrected chi connectivity index (χ4v) is 1.75. The Bertz CT molecular complexity index is 580. The molecule has 0 atom stereocenters. The third kappa shape index (κ3) is 5.18. The lowest BCUT2D eigenvalue weighted by molar-refractivity contribution is 0.233. The van der Waals surface area contributed by atoms with E-state index in [1.807, 2.05) is 55.5 Å². The number of aliphatic hydroxyl groups excluding tert-OH is 1. The number of hydrogen-bond acceptors (Lipinski definition) is 5. The van der Waals surface area contributed by atoms with Crippen molar-refractivity contribution in [2.75, 3.05) is 19.8 Å². The highest BCUT2D eigenvalue weighted by Gasteiger charge is 1.96. The first kappa shape index (κ1) is 16.0. The van der Waals surface area contributed by atoms with Crippen molar-refractivity contribution in [3.63, 3.8) is 0 Å². The van der Waals surface area contributed by atoms with E-state index in [-0.39, 0.29) is 6.61 Å². The third-order valence-electron chi connectivity index (χ3n) is 2.84. The molecule has 0 aliphatic heterocycles. The Hall–Kier alpha value is -2.40. The van der Waals surface area contributed by atoms with Gasteiger partial charge in [-0.3, -0.25) is 0 Å². The summed E-state index contributed by atoms with van der Waals surface area (Å²) in [5, 5.41) is 17.1. The Morgan fingerprint density at radius 1 is 0.818 bits per heavy atom. The zero-order chi connectivity index (χ0) is 15.6. The molecule has 0 bridgehead atoms. The monoisotopic (exact) mass is 300 g/mol. The highest BCUT2D eigenvalue weighted by molar-refractivity contribution is 5.44. The molecule has 2 aromatic rings. The second-order valence-corrected chi connectivity index (χ2v) is 4.55. The normalized spacial score (nSPS) is 10.8. The molecular formula is C17H20N2O3. The fraction of sp³-hybridized carbons (Fsp3) is 0.294. The Balaban J connectivity index is 1.92. The van der Waals surface area contributed by atoms with Gasteiger partial charge in [-0.05, 0) is 55.5 Å². The van der Waals surface area contributed by atoms with E-state index >= 15 is 0 Å². The second-order valence-electron chi connectivity index (χ2n) is 4.55. The molecule has 0 fully saturated rings. The summed E-state index contributed by atoms with van der Waals surface area (Å²) in [5.74, 6) is 1.58. The summed E-state index contributed by atoms with van der Waals surface area (Å²) in [6.45, 7) is 3.23. The average Bonchev–Trinajstić information content (AvgIpc) is 2.56. The molecular weight excluding hydrogens is 280 g/mol. The number of nitrogens with zero attached hydrogens (tertiary/aromatic N) is 2. The highest BCUT2D eigenvalue weighted by atomic mass is 16.5. The summed E-state index contributed by atoms with van der Waals surface area (Å²) in [5.41, 5.74) is 1.52. The molecule has 0 aliphatic rings. The summed E-state index contributed by atoms with van der Waals surface area (Å²) in [4.78, 5) is 0. The molecule has 0 saturated heterocycles. The summed E-state index contributed by atoms with van der Waals surface area (Å²) < 4.78 is 10.8. The molecule has 0 spiro atoms. The lowest BCUT2D eigenvalue weighted by Gasteiger charge is -2.04. The van der Waals surface area contributed by atoms with Gasteiger partial charge >= 0.3 is 0 Å². The molecule has 0 unspecified atom stereocenters. The van der Waals surface area contributed by atoms with Crippen LogP contribution < -0.4 is 9.47 Å². The maximum Gasteiger partial charge on any atom is 0.119 e. The Kier molecular flexibility index (Phi) is 6.39. The van der Waals surface area contributed by atoms with E-state index in [1.165, 1.54) is 0 Å². The van der Waals surface area contributed by atoms with Crippen LogP contribution in [0.1, 0.15) is 13.3 Å². The van der Waals surface area contributed by atoms with Gasteiger partial charge in [0.25, 0.3) is 0 Å². The first-order chi connectivity index (χ1) is 10.8. The lowest BCUT2D eigenvalue weighted by atomic mass is 10.3. The molecule has 2 aromatic carbocycles. The maximum absolute atomic E-state index is 8.70. The fourth-order valence-electron chi connectivity index (χ4n) is 1.75. The summed E-state index contributed by atoms with van der Waals surface area (Å²) in [6.07, 6.45) is 0.624. The average molecular weight is 300 g/mol.